The van der Waals surface area contributed by atoms with Gasteiger partial charge in [-0.2, -0.15) is 4.31 Å². The number of benzene rings is 2. The number of ether oxygens (including phenoxy) is 1. The second-order valence-electron chi connectivity index (χ2n) is 8.76. The van der Waals surface area contributed by atoms with Gasteiger partial charge in [0.25, 0.3) is 0 Å². The molecule has 0 aliphatic carbocycles. The highest BCUT2D eigenvalue weighted by atomic mass is 32.2. The van der Waals surface area contributed by atoms with Gasteiger partial charge in [-0.3, -0.25) is 9.10 Å². The Bertz CT molecular complexity index is 1220. The van der Waals surface area contributed by atoms with Crippen molar-refractivity contribution in [3.63, 3.8) is 0 Å². The maximum Gasteiger partial charge on any atom is 0.243 e. The molecule has 35 heavy (non-hydrogen) atoms. The van der Waals surface area contributed by atoms with E-state index in [1.54, 1.807) is 24.3 Å². The van der Waals surface area contributed by atoms with E-state index in [-0.39, 0.29) is 30.5 Å². The van der Waals surface area contributed by atoms with Crippen LogP contribution in [0.5, 0.6) is 5.75 Å². The van der Waals surface area contributed by atoms with Crippen LogP contribution in [0.2, 0.25) is 0 Å². The minimum absolute atomic E-state index is 0.0867. The molecular formula is C24H33N3O6S2. The van der Waals surface area contributed by atoms with Gasteiger partial charge < -0.3 is 10.1 Å². The summed E-state index contributed by atoms with van der Waals surface area (Å²) >= 11 is 0. The average molecular weight is 524 g/mol. The van der Waals surface area contributed by atoms with Gasteiger partial charge >= 0.3 is 0 Å². The van der Waals surface area contributed by atoms with Crippen LogP contribution in [-0.2, 0) is 24.8 Å². The molecule has 1 N–H and O–H groups in total. The fourth-order valence-electron chi connectivity index (χ4n) is 3.91. The number of nitrogens with zero attached hydrogens (tertiary/aromatic N) is 2. The quantitative estimate of drug-likeness (QED) is 0.453. The third-order valence-corrected chi connectivity index (χ3v) is 8.77. The molecule has 1 aliphatic rings. The van der Waals surface area contributed by atoms with Crippen molar-refractivity contribution >= 4 is 31.6 Å². The monoisotopic (exact) mass is 523 g/mol. The molecule has 0 aromatic heterocycles. The molecular weight excluding hydrogens is 490 g/mol. The second kappa shape index (κ2) is 11.4. The first-order chi connectivity index (χ1) is 16.5. The Morgan fingerprint density at radius 2 is 1.66 bits per heavy atom. The Morgan fingerprint density at radius 1 is 1.03 bits per heavy atom. The van der Waals surface area contributed by atoms with Crippen molar-refractivity contribution in [2.75, 3.05) is 43.3 Å². The first-order valence-electron chi connectivity index (χ1n) is 11.6. The zero-order chi connectivity index (χ0) is 25.6. The van der Waals surface area contributed by atoms with E-state index in [2.05, 4.69) is 5.32 Å². The second-order valence-corrected chi connectivity index (χ2v) is 12.6. The summed E-state index contributed by atoms with van der Waals surface area (Å²) in [4.78, 5) is 12.7. The zero-order valence-corrected chi connectivity index (χ0v) is 21.9. The van der Waals surface area contributed by atoms with Crippen molar-refractivity contribution < 1.29 is 26.4 Å². The first-order valence-corrected chi connectivity index (χ1v) is 14.9. The molecule has 0 radical (unpaired) electrons. The number of carbonyl (C=O) groups is 1. The van der Waals surface area contributed by atoms with E-state index in [1.165, 1.54) is 16.4 Å². The maximum absolute atomic E-state index is 12.6. The third-order valence-electron chi connectivity index (χ3n) is 5.73. The minimum Gasteiger partial charge on any atom is -0.492 e. The highest BCUT2D eigenvalue weighted by molar-refractivity contribution is 7.92. The zero-order valence-electron chi connectivity index (χ0n) is 20.3. The number of nitrogens with one attached hydrogen (secondary N) is 1. The molecule has 1 saturated heterocycles. The Labute approximate surface area is 208 Å². The molecule has 0 spiro atoms. The molecule has 2 aromatic carbocycles. The van der Waals surface area contributed by atoms with Crippen molar-refractivity contribution in [1.82, 2.24) is 9.62 Å². The molecule has 3 rings (SSSR count). The van der Waals surface area contributed by atoms with Crippen LogP contribution in [0.1, 0.15) is 38.2 Å². The first kappa shape index (κ1) is 27.0. The summed E-state index contributed by atoms with van der Waals surface area (Å²) in [5, 5.41) is 2.67. The van der Waals surface area contributed by atoms with E-state index in [0.29, 0.717) is 24.5 Å². The summed E-state index contributed by atoms with van der Waals surface area (Å²) in [6.45, 7) is 4.98. The number of hydrogen-bond donors (Lipinski definition) is 1. The molecule has 9 nitrogen and oxygen atoms in total. The number of para-hydroxylation sites is 1. The SMILES string of the molecule is CC(C)c1ccccc1N(CC(=O)NCCOc1ccc(S(=O)(=O)N2CCCC2)cc1)S(C)(=O)=O. The van der Waals surface area contributed by atoms with Gasteiger partial charge in [0.15, 0.2) is 0 Å². The number of amides is 1. The number of sulfonamides is 2. The van der Waals surface area contributed by atoms with Gasteiger partial charge in [-0.25, -0.2) is 16.8 Å². The lowest BCUT2D eigenvalue weighted by molar-refractivity contribution is -0.119. The molecule has 1 fully saturated rings. The number of hydrogen-bond acceptors (Lipinski definition) is 6. The van der Waals surface area contributed by atoms with Gasteiger partial charge in [-0.1, -0.05) is 32.0 Å². The van der Waals surface area contributed by atoms with Gasteiger partial charge in [-0.05, 0) is 54.7 Å². The molecule has 11 heteroatoms. The van der Waals surface area contributed by atoms with Crippen LogP contribution in [0.4, 0.5) is 5.69 Å². The molecule has 2 aromatic rings. The average Bonchev–Trinajstić information content (AvgIpc) is 3.36. The van der Waals surface area contributed by atoms with E-state index in [9.17, 15) is 21.6 Å². The summed E-state index contributed by atoms with van der Waals surface area (Å²) in [6.07, 6.45) is 2.82. The normalized spacial score (nSPS) is 14.7. The van der Waals surface area contributed by atoms with Gasteiger partial charge in [0.2, 0.25) is 26.0 Å². The Balaban J connectivity index is 1.53. The third kappa shape index (κ3) is 6.96. The fourth-order valence-corrected chi connectivity index (χ4v) is 6.31. The molecule has 1 amide bonds. The van der Waals surface area contributed by atoms with Crippen molar-refractivity contribution in [2.24, 2.45) is 0 Å². The van der Waals surface area contributed by atoms with Crippen LogP contribution in [0, 0.1) is 0 Å². The number of carbonyl (C=O) groups excluding carboxylic acids is 1. The summed E-state index contributed by atoms with van der Waals surface area (Å²) < 4.78 is 58.2. The van der Waals surface area contributed by atoms with Crippen molar-refractivity contribution in [3.05, 3.63) is 54.1 Å². The molecule has 1 heterocycles. The molecule has 0 atom stereocenters. The summed E-state index contributed by atoms with van der Waals surface area (Å²) in [5.41, 5.74) is 1.32. The largest absolute Gasteiger partial charge is 0.492 e. The number of rotatable bonds is 11. The highest BCUT2D eigenvalue weighted by Gasteiger charge is 2.27. The Morgan fingerprint density at radius 3 is 2.26 bits per heavy atom. The predicted molar refractivity (Wildman–Crippen MR) is 136 cm³/mol. The Hall–Kier alpha value is -2.63. The van der Waals surface area contributed by atoms with E-state index < -0.39 is 26.0 Å². The standard InChI is InChI=1S/C24H33N3O6S2/c1-19(2)22-8-4-5-9-23(22)27(34(3,29)30)18-24(28)25-14-17-33-20-10-12-21(13-11-20)35(31,32)26-15-6-7-16-26/h4-5,8-13,19H,6-7,14-18H2,1-3H3,(H,25,28). The molecule has 0 unspecified atom stereocenters. The molecule has 0 bridgehead atoms. The lowest BCUT2D eigenvalue weighted by atomic mass is 10.0. The van der Waals surface area contributed by atoms with Crippen LogP contribution < -0.4 is 14.4 Å². The highest BCUT2D eigenvalue weighted by Crippen LogP contribution is 2.29. The lowest BCUT2D eigenvalue weighted by Gasteiger charge is -2.25. The lowest BCUT2D eigenvalue weighted by Crippen LogP contribution is -2.41. The van der Waals surface area contributed by atoms with E-state index in [4.69, 9.17) is 4.74 Å². The van der Waals surface area contributed by atoms with Gasteiger partial charge in [0.05, 0.1) is 23.4 Å². The van der Waals surface area contributed by atoms with E-state index in [0.717, 1.165) is 29.0 Å². The molecule has 0 saturated carbocycles. The van der Waals surface area contributed by atoms with Crippen molar-refractivity contribution in [1.29, 1.82) is 0 Å². The van der Waals surface area contributed by atoms with Crippen LogP contribution in [-0.4, -0.2) is 66.1 Å². The fraction of sp³-hybridized carbons (Fsp3) is 0.458. The molecule has 192 valence electrons. The van der Waals surface area contributed by atoms with E-state index >= 15 is 0 Å². The van der Waals surface area contributed by atoms with Crippen molar-refractivity contribution in [3.8, 4) is 5.75 Å². The van der Waals surface area contributed by atoms with Crippen molar-refractivity contribution in [2.45, 2.75) is 37.5 Å². The van der Waals surface area contributed by atoms with Gasteiger partial charge in [0.1, 0.15) is 18.9 Å². The summed E-state index contributed by atoms with van der Waals surface area (Å²) in [6, 6.07) is 13.3. The van der Waals surface area contributed by atoms with Crippen LogP contribution >= 0.6 is 0 Å². The topological polar surface area (TPSA) is 113 Å². The smallest absolute Gasteiger partial charge is 0.243 e. The van der Waals surface area contributed by atoms with Crippen LogP contribution in [0.15, 0.2) is 53.4 Å². The van der Waals surface area contributed by atoms with Crippen LogP contribution in [0.25, 0.3) is 0 Å². The van der Waals surface area contributed by atoms with Gasteiger partial charge in [0, 0.05) is 13.1 Å². The van der Waals surface area contributed by atoms with Crippen LogP contribution in [0.3, 0.4) is 0 Å². The van der Waals surface area contributed by atoms with E-state index in [1.807, 2.05) is 26.0 Å². The summed E-state index contributed by atoms with van der Waals surface area (Å²) in [7, 11) is -7.16. The number of anilines is 1. The molecule has 1 aliphatic heterocycles. The maximum atomic E-state index is 12.6. The van der Waals surface area contributed by atoms with Gasteiger partial charge in [-0.15, -0.1) is 0 Å². The predicted octanol–water partition coefficient (Wildman–Crippen LogP) is 2.56. The Kier molecular flexibility index (Phi) is 8.79. The summed E-state index contributed by atoms with van der Waals surface area (Å²) in [5.74, 6) is 0.108. The minimum atomic E-state index is -3.68.